The predicted octanol–water partition coefficient (Wildman–Crippen LogP) is 1.14. The van der Waals surface area contributed by atoms with Crippen LogP contribution >= 0.6 is 0 Å². The Morgan fingerprint density at radius 1 is 1.30 bits per heavy atom. The number of nitrogens with zero attached hydrogens (tertiary/aromatic N) is 2. The molecule has 0 saturated carbocycles. The molecular weight excluding hydrogens is 252 g/mol. The fourth-order valence-corrected chi connectivity index (χ4v) is 2.59. The molecule has 3 rings (SSSR count). The van der Waals surface area contributed by atoms with Crippen LogP contribution < -0.4 is 11.1 Å². The van der Waals surface area contributed by atoms with Gasteiger partial charge in [0.2, 0.25) is 5.91 Å². The quantitative estimate of drug-likeness (QED) is 0.803. The van der Waals surface area contributed by atoms with E-state index in [0.29, 0.717) is 13.0 Å². The van der Waals surface area contributed by atoms with Crippen molar-refractivity contribution < 1.29 is 4.79 Å². The minimum absolute atomic E-state index is 0.132. The third kappa shape index (κ3) is 2.58. The van der Waals surface area contributed by atoms with Gasteiger partial charge in [0.25, 0.3) is 0 Å². The van der Waals surface area contributed by atoms with Gasteiger partial charge in [-0.3, -0.25) is 14.7 Å². The van der Waals surface area contributed by atoms with E-state index < -0.39 is 0 Å². The lowest BCUT2D eigenvalue weighted by atomic mass is 10.1. The second kappa shape index (κ2) is 5.46. The number of nitrogen functional groups attached to an aromatic ring is 1. The molecule has 3 N–H and O–H groups in total. The Kier molecular flexibility index (Phi) is 3.52. The van der Waals surface area contributed by atoms with Gasteiger partial charge < -0.3 is 11.1 Å². The Morgan fingerprint density at radius 2 is 2.20 bits per heavy atom. The smallest absolute Gasteiger partial charge is 0.221 e. The topological polar surface area (TPSA) is 71.2 Å². The summed E-state index contributed by atoms with van der Waals surface area (Å²) in [4.78, 5) is 18.1. The summed E-state index contributed by atoms with van der Waals surface area (Å²) in [5, 5.41) is 3.88. The van der Waals surface area contributed by atoms with Crippen molar-refractivity contribution in [2.75, 3.05) is 25.4 Å². The highest BCUT2D eigenvalue weighted by Crippen LogP contribution is 2.23. The number of carbonyl (C=O) groups is 1. The molecule has 5 heteroatoms. The number of rotatable bonds is 2. The third-order valence-electron chi connectivity index (χ3n) is 3.69. The number of pyridine rings is 1. The Bertz CT molecular complexity index is 641. The molecule has 0 bridgehead atoms. The number of amides is 1. The van der Waals surface area contributed by atoms with Crippen molar-refractivity contribution >= 4 is 22.5 Å². The average Bonchev–Trinajstić information content (AvgIpc) is 2.67. The zero-order valence-corrected chi connectivity index (χ0v) is 11.3. The maximum absolute atomic E-state index is 11.4. The van der Waals surface area contributed by atoms with E-state index in [2.05, 4.69) is 15.2 Å². The zero-order valence-electron chi connectivity index (χ0n) is 11.3. The van der Waals surface area contributed by atoms with Gasteiger partial charge in [0, 0.05) is 49.9 Å². The van der Waals surface area contributed by atoms with Crippen molar-refractivity contribution in [3.63, 3.8) is 0 Å². The van der Waals surface area contributed by atoms with Crippen molar-refractivity contribution in [2.45, 2.75) is 13.0 Å². The van der Waals surface area contributed by atoms with Gasteiger partial charge in [0.05, 0.1) is 5.52 Å². The highest BCUT2D eigenvalue weighted by atomic mass is 16.1. The number of benzene rings is 1. The van der Waals surface area contributed by atoms with E-state index in [1.165, 1.54) is 0 Å². The van der Waals surface area contributed by atoms with E-state index >= 15 is 0 Å². The zero-order chi connectivity index (χ0) is 13.9. The standard InChI is InChI=1S/C15H18N4O/c16-13-4-3-11(15-12(13)2-1-6-18-15)10-19-8-5-14(20)17-7-9-19/h1-4,6H,5,7-10,16H2,(H,17,20). The second-order valence-corrected chi connectivity index (χ2v) is 5.09. The number of anilines is 1. The van der Waals surface area contributed by atoms with E-state index in [1.807, 2.05) is 24.3 Å². The molecule has 2 aromatic rings. The number of aromatic nitrogens is 1. The molecule has 1 saturated heterocycles. The fraction of sp³-hybridized carbons (Fsp3) is 0.333. The largest absolute Gasteiger partial charge is 0.398 e. The van der Waals surface area contributed by atoms with Crippen LogP contribution in [0, 0.1) is 0 Å². The number of fused-ring (bicyclic) bond motifs is 1. The van der Waals surface area contributed by atoms with Gasteiger partial charge in [0.15, 0.2) is 0 Å². The highest BCUT2D eigenvalue weighted by molar-refractivity contribution is 5.92. The van der Waals surface area contributed by atoms with Crippen molar-refractivity contribution in [1.82, 2.24) is 15.2 Å². The summed E-state index contributed by atoms with van der Waals surface area (Å²) < 4.78 is 0. The Morgan fingerprint density at radius 3 is 3.10 bits per heavy atom. The van der Waals surface area contributed by atoms with E-state index in [4.69, 9.17) is 5.73 Å². The summed E-state index contributed by atoms with van der Waals surface area (Å²) in [7, 11) is 0. The molecule has 0 spiro atoms. The summed E-state index contributed by atoms with van der Waals surface area (Å²) in [6.45, 7) is 3.15. The lowest BCUT2D eigenvalue weighted by Crippen LogP contribution is -2.28. The number of nitrogens with two attached hydrogens (primary N) is 1. The van der Waals surface area contributed by atoms with Gasteiger partial charge in [-0.2, -0.15) is 0 Å². The predicted molar refractivity (Wildman–Crippen MR) is 79.1 cm³/mol. The van der Waals surface area contributed by atoms with E-state index in [-0.39, 0.29) is 5.91 Å². The highest BCUT2D eigenvalue weighted by Gasteiger charge is 2.15. The van der Waals surface area contributed by atoms with Gasteiger partial charge in [0.1, 0.15) is 0 Å². The maximum atomic E-state index is 11.4. The normalized spacial score (nSPS) is 16.9. The first-order valence-electron chi connectivity index (χ1n) is 6.85. The number of carbonyl (C=O) groups excluding carboxylic acids is 1. The second-order valence-electron chi connectivity index (χ2n) is 5.09. The third-order valence-corrected chi connectivity index (χ3v) is 3.69. The molecule has 0 aliphatic carbocycles. The average molecular weight is 270 g/mol. The molecule has 1 fully saturated rings. The molecule has 1 aromatic carbocycles. The van der Waals surface area contributed by atoms with Crippen LogP contribution in [0.5, 0.6) is 0 Å². The number of nitrogens with one attached hydrogen (secondary N) is 1. The van der Waals surface area contributed by atoms with E-state index in [1.54, 1.807) is 6.20 Å². The minimum Gasteiger partial charge on any atom is -0.398 e. The SMILES string of the molecule is Nc1ccc(CN2CCNC(=O)CC2)c2ncccc12. The van der Waals surface area contributed by atoms with Crippen LogP contribution in [0.2, 0.25) is 0 Å². The first-order valence-corrected chi connectivity index (χ1v) is 6.85. The molecule has 1 aliphatic rings. The summed E-state index contributed by atoms with van der Waals surface area (Å²) in [5.74, 6) is 0.132. The Balaban J connectivity index is 1.87. The molecule has 0 unspecified atom stereocenters. The Labute approximate surface area is 117 Å². The maximum Gasteiger partial charge on any atom is 0.221 e. The van der Waals surface area contributed by atoms with Crippen LogP contribution in [0.15, 0.2) is 30.5 Å². The fourth-order valence-electron chi connectivity index (χ4n) is 2.59. The molecule has 1 aromatic heterocycles. The van der Waals surface area contributed by atoms with Gasteiger partial charge >= 0.3 is 0 Å². The first-order chi connectivity index (χ1) is 9.74. The van der Waals surface area contributed by atoms with Crippen molar-refractivity contribution in [2.24, 2.45) is 0 Å². The van der Waals surface area contributed by atoms with Crippen molar-refractivity contribution in [3.05, 3.63) is 36.0 Å². The molecule has 1 amide bonds. The molecule has 5 nitrogen and oxygen atoms in total. The van der Waals surface area contributed by atoms with Crippen LogP contribution in [-0.2, 0) is 11.3 Å². The molecule has 0 atom stereocenters. The van der Waals surface area contributed by atoms with Crippen LogP contribution in [-0.4, -0.2) is 35.4 Å². The van der Waals surface area contributed by atoms with Gasteiger partial charge in [-0.25, -0.2) is 0 Å². The Hall–Kier alpha value is -2.14. The van der Waals surface area contributed by atoms with Crippen LogP contribution in [0.3, 0.4) is 0 Å². The van der Waals surface area contributed by atoms with E-state index in [0.717, 1.165) is 41.8 Å². The first kappa shape index (κ1) is 12.9. The lowest BCUT2D eigenvalue weighted by molar-refractivity contribution is -0.120. The van der Waals surface area contributed by atoms with Crippen LogP contribution in [0.4, 0.5) is 5.69 Å². The minimum atomic E-state index is 0.132. The lowest BCUT2D eigenvalue weighted by Gasteiger charge is -2.20. The van der Waals surface area contributed by atoms with E-state index in [9.17, 15) is 4.79 Å². The number of hydrogen-bond donors (Lipinski definition) is 2. The molecule has 104 valence electrons. The van der Waals surface area contributed by atoms with Gasteiger partial charge in [-0.05, 0) is 23.8 Å². The van der Waals surface area contributed by atoms with Crippen molar-refractivity contribution in [3.8, 4) is 0 Å². The molecule has 0 radical (unpaired) electrons. The van der Waals surface area contributed by atoms with Crippen molar-refractivity contribution in [1.29, 1.82) is 0 Å². The summed E-state index contributed by atoms with van der Waals surface area (Å²) in [6, 6.07) is 7.86. The molecule has 1 aliphatic heterocycles. The summed E-state index contributed by atoms with van der Waals surface area (Å²) in [6.07, 6.45) is 2.35. The van der Waals surface area contributed by atoms with Gasteiger partial charge in [-0.1, -0.05) is 6.07 Å². The molecule has 2 heterocycles. The monoisotopic (exact) mass is 270 g/mol. The van der Waals surface area contributed by atoms with Crippen LogP contribution in [0.25, 0.3) is 10.9 Å². The number of hydrogen-bond acceptors (Lipinski definition) is 4. The molecule has 20 heavy (non-hydrogen) atoms. The van der Waals surface area contributed by atoms with Gasteiger partial charge in [-0.15, -0.1) is 0 Å². The van der Waals surface area contributed by atoms with Crippen LogP contribution in [0.1, 0.15) is 12.0 Å². The summed E-state index contributed by atoms with van der Waals surface area (Å²) in [5.41, 5.74) is 8.86. The summed E-state index contributed by atoms with van der Waals surface area (Å²) >= 11 is 0. The molecular formula is C15H18N4O.